The van der Waals surface area contributed by atoms with Crippen molar-refractivity contribution in [1.29, 1.82) is 0 Å². The molecule has 0 bridgehead atoms. The van der Waals surface area contributed by atoms with Crippen LogP contribution in [0.4, 0.5) is 4.39 Å². The van der Waals surface area contributed by atoms with E-state index in [0.29, 0.717) is 11.7 Å². The van der Waals surface area contributed by atoms with Gasteiger partial charge in [-0.15, -0.1) is 0 Å². The zero-order valence-electron chi connectivity index (χ0n) is 12.7. The second-order valence-corrected chi connectivity index (χ2v) is 5.62. The van der Waals surface area contributed by atoms with Gasteiger partial charge in [-0.3, -0.25) is 4.90 Å². The maximum absolute atomic E-state index is 13.7. The Morgan fingerprint density at radius 3 is 2.95 bits per heavy atom. The molecule has 1 heterocycles. The Morgan fingerprint density at radius 2 is 2.30 bits per heavy atom. The number of morpholine rings is 1. The number of ether oxygens (including phenoxy) is 1. The minimum Gasteiger partial charge on any atom is -0.376 e. The number of nitrogens with one attached hydrogen (secondary N) is 1. The van der Waals surface area contributed by atoms with Gasteiger partial charge in [0.25, 0.3) is 0 Å². The molecule has 112 valence electrons. The summed E-state index contributed by atoms with van der Waals surface area (Å²) in [5.74, 6) is -0.122. The highest BCUT2D eigenvalue weighted by Crippen LogP contribution is 2.20. The predicted molar refractivity (Wildman–Crippen MR) is 79.4 cm³/mol. The Balaban J connectivity index is 1.93. The Labute approximate surface area is 121 Å². The van der Waals surface area contributed by atoms with E-state index in [2.05, 4.69) is 17.1 Å². The summed E-state index contributed by atoms with van der Waals surface area (Å²) in [7, 11) is 1.93. The van der Waals surface area contributed by atoms with Gasteiger partial charge in [0.2, 0.25) is 0 Å². The van der Waals surface area contributed by atoms with Gasteiger partial charge in [-0.1, -0.05) is 12.1 Å². The van der Waals surface area contributed by atoms with Crippen LogP contribution < -0.4 is 5.32 Å². The zero-order valence-corrected chi connectivity index (χ0v) is 12.7. The normalized spacial score (nSPS) is 21.9. The summed E-state index contributed by atoms with van der Waals surface area (Å²) in [5.41, 5.74) is 1.72. The van der Waals surface area contributed by atoms with E-state index in [-0.39, 0.29) is 11.9 Å². The van der Waals surface area contributed by atoms with Crippen LogP contribution in [0.3, 0.4) is 0 Å². The first-order valence-corrected chi connectivity index (χ1v) is 7.37. The quantitative estimate of drug-likeness (QED) is 0.897. The number of rotatable bonds is 5. The van der Waals surface area contributed by atoms with E-state index in [1.54, 1.807) is 13.0 Å². The van der Waals surface area contributed by atoms with Crippen molar-refractivity contribution >= 4 is 0 Å². The number of aryl methyl sites for hydroxylation is 1. The van der Waals surface area contributed by atoms with Gasteiger partial charge in [0.05, 0.1) is 12.7 Å². The van der Waals surface area contributed by atoms with E-state index < -0.39 is 0 Å². The predicted octanol–water partition coefficient (Wildman–Crippen LogP) is 2.51. The molecule has 1 saturated heterocycles. The molecule has 1 N–H and O–H groups in total. The van der Waals surface area contributed by atoms with Crippen molar-refractivity contribution in [2.45, 2.75) is 32.4 Å². The lowest BCUT2D eigenvalue weighted by molar-refractivity contribution is -0.0191. The minimum atomic E-state index is -0.122. The average Bonchev–Trinajstić information content (AvgIpc) is 2.43. The molecule has 1 fully saturated rings. The molecule has 20 heavy (non-hydrogen) atoms. The van der Waals surface area contributed by atoms with Crippen molar-refractivity contribution < 1.29 is 9.13 Å². The SMILES string of the molecule is CNC(CCN1CCOC(C)C1)c1ccc(C)c(F)c1. The highest BCUT2D eigenvalue weighted by atomic mass is 19.1. The molecule has 0 radical (unpaired) electrons. The molecule has 1 aliphatic rings. The molecular weight excluding hydrogens is 255 g/mol. The largest absolute Gasteiger partial charge is 0.376 e. The maximum atomic E-state index is 13.7. The molecular formula is C16H25FN2O. The summed E-state index contributed by atoms with van der Waals surface area (Å²) in [6.07, 6.45) is 1.29. The smallest absolute Gasteiger partial charge is 0.126 e. The van der Waals surface area contributed by atoms with Crippen LogP contribution in [-0.4, -0.2) is 44.3 Å². The molecule has 0 saturated carbocycles. The summed E-state index contributed by atoms with van der Waals surface area (Å²) in [6.45, 7) is 7.70. The fourth-order valence-corrected chi connectivity index (χ4v) is 2.71. The highest BCUT2D eigenvalue weighted by Gasteiger charge is 2.18. The molecule has 1 aromatic rings. The topological polar surface area (TPSA) is 24.5 Å². The minimum absolute atomic E-state index is 0.122. The van der Waals surface area contributed by atoms with Crippen LogP contribution in [-0.2, 0) is 4.74 Å². The highest BCUT2D eigenvalue weighted by molar-refractivity contribution is 5.25. The lowest BCUT2D eigenvalue weighted by Crippen LogP contribution is -2.42. The fraction of sp³-hybridized carbons (Fsp3) is 0.625. The Morgan fingerprint density at radius 1 is 1.50 bits per heavy atom. The number of halogens is 1. The zero-order chi connectivity index (χ0) is 14.5. The van der Waals surface area contributed by atoms with Crippen molar-refractivity contribution in [1.82, 2.24) is 10.2 Å². The fourth-order valence-electron chi connectivity index (χ4n) is 2.71. The average molecular weight is 280 g/mol. The van der Waals surface area contributed by atoms with E-state index in [1.165, 1.54) is 0 Å². The first-order chi connectivity index (χ1) is 9.60. The third kappa shape index (κ3) is 4.01. The second kappa shape index (κ2) is 7.16. The van der Waals surface area contributed by atoms with Gasteiger partial charge in [0.1, 0.15) is 5.82 Å². The first kappa shape index (κ1) is 15.4. The van der Waals surface area contributed by atoms with E-state index in [1.807, 2.05) is 19.2 Å². The van der Waals surface area contributed by atoms with Gasteiger partial charge in [0.15, 0.2) is 0 Å². The molecule has 1 aromatic carbocycles. The molecule has 4 heteroatoms. The van der Waals surface area contributed by atoms with E-state index >= 15 is 0 Å². The lowest BCUT2D eigenvalue weighted by atomic mass is 10.0. The van der Waals surface area contributed by atoms with Gasteiger partial charge in [-0.2, -0.15) is 0 Å². The van der Waals surface area contributed by atoms with Gasteiger partial charge in [0, 0.05) is 25.7 Å². The number of hydrogen-bond donors (Lipinski definition) is 1. The van der Waals surface area contributed by atoms with Crippen LogP contribution in [0.1, 0.15) is 30.5 Å². The number of benzene rings is 1. The molecule has 1 aliphatic heterocycles. The van der Waals surface area contributed by atoms with Crippen LogP contribution in [0, 0.1) is 12.7 Å². The molecule has 0 spiro atoms. The Hall–Kier alpha value is -0.970. The van der Waals surface area contributed by atoms with Crippen LogP contribution in [0.25, 0.3) is 0 Å². The molecule has 2 unspecified atom stereocenters. The monoisotopic (exact) mass is 280 g/mol. The number of hydrogen-bond acceptors (Lipinski definition) is 3. The summed E-state index contributed by atoms with van der Waals surface area (Å²) in [4.78, 5) is 2.42. The maximum Gasteiger partial charge on any atom is 0.126 e. The molecule has 0 aromatic heterocycles. The molecule has 2 atom stereocenters. The van der Waals surface area contributed by atoms with Crippen LogP contribution in [0.5, 0.6) is 0 Å². The molecule has 0 amide bonds. The molecule has 0 aliphatic carbocycles. The van der Waals surface area contributed by atoms with Crippen molar-refractivity contribution in [2.75, 3.05) is 33.3 Å². The van der Waals surface area contributed by atoms with Crippen LogP contribution >= 0.6 is 0 Å². The standard InChI is InChI=1S/C16H25FN2O/c1-12-4-5-14(10-15(12)17)16(18-3)6-7-19-8-9-20-13(2)11-19/h4-5,10,13,16,18H,6-9,11H2,1-3H3. The summed E-state index contributed by atoms with van der Waals surface area (Å²) >= 11 is 0. The van der Waals surface area contributed by atoms with Crippen molar-refractivity contribution in [3.8, 4) is 0 Å². The molecule has 3 nitrogen and oxygen atoms in total. The van der Waals surface area contributed by atoms with E-state index in [4.69, 9.17) is 4.74 Å². The van der Waals surface area contributed by atoms with Gasteiger partial charge < -0.3 is 10.1 Å². The third-order valence-electron chi connectivity index (χ3n) is 4.01. The van der Waals surface area contributed by atoms with Gasteiger partial charge >= 0.3 is 0 Å². The summed E-state index contributed by atoms with van der Waals surface area (Å²) in [5, 5.41) is 3.29. The number of nitrogens with zero attached hydrogens (tertiary/aromatic N) is 1. The van der Waals surface area contributed by atoms with E-state index in [9.17, 15) is 4.39 Å². The van der Waals surface area contributed by atoms with Crippen molar-refractivity contribution in [3.63, 3.8) is 0 Å². The lowest BCUT2D eigenvalue weighted by Gasteiger charge is -2.32. The van der Waals surface area contributed by atoms with Gasteiger partial charge in [-0.25, -0.2) is 4.39 Å². The first-order valence-electron chi connectivity index (χ1n) is 7.37. The second-order valence-electron chi connectivity index (χ2n) is 5.62. The molecule has 2 rings (SSSR count). The summed E-state index contributed by atoms with van der Waals surface area (Å²) < 4.78 is 19.2. The van der Waals surface area contributed by atoms with Crippen molar-refractivity contribution in [3.05, 3.63) is 35.1 Å². The van der Waals surface area contributed by atoms with Crippen molar-refractivity contribution in [2.24, 2.45) is 0 Å². The summed E-state index contributed by atoms with van der Waals surface area (Å²) in [6, 6.07) is 5.72. The van der Waals surface area contributed by atoms with Crippen LogP contribution in [0.15, 0.2) is 18.2 Å². The third-order valence-corrected chi connectivity index (χ3v) is 4.01. The van der Waals surface area contributed by atoms with Crippen LogP contribution in [0.2, 0.25) is 0 Å². The Bertz CT molecular complexity index is 438. The Kier molecular flexibility index (Phi) is 5.52. The van der Waals surface area contributed by atoms with E-state index in [0.717, 1.165) is 38.2 Å². The van der Waals surface area contributed by atoms with Gasteiger partial charge in [-0.05, 0) is 44.5 Å².